The number of hydrogen-bond acceptors (Lipinski definition) is 1. The fourth-order valence-electron chi connectivity index (χ4n) is 2.49. The van der Waals surface area contributed by atoms with Crippen LogP contribution in [0, 0.1) is 11.3 Å². The maximum atomic E-state index is 9.59. The summed E-state index contributed by atoms with van der Waals surface area (Å²) < 4.78 is 0. The van der Waals surface area contributed by atoms with Gasteiger partial charge in [0.2, 0.25) is 0 Å². The largest absolute Gasteiger partial charge is 0.389 e. The van der Waals surface area contributed by atoms with Crippen LogP contribution in [0.2, 0.25) is 0 Å². The summed E-state index contributed by atoms with van der Waals surface area (Å²) in [4.78, 5) is 0. The summed E-state index contributed by atoms with van der Waals surface area (Å²) >= 11 is 0. The minimum absolute atomic E-state index is 0.288. The second-order valence-electron chi connectivity index (χ2n) is 5.59. The van der Waals surface area contributed by atoms with Gasteiger partial charge < -0.3 is 5.11 Å². The molecule has 0 bridgehead atoms. The second-order valence-corrected chi connectivity index (χ2v) is 5.59. The monoisotopic (exact) mass is 222 g/mol. The molecule has 0 aromatic carbocycles. The molecular weight excluding hydrogens is 196 g/mol. The zero-order chi connectivity index (χ0) is 12.3. The van der Waals surface area contributed by atoms with E-state index >= 15 is 0 Å². The van der Waals surface area contributed by atoms with Crippen LogP contribution in [0.15, 0.2) is 23.3 Å². The van der Waals surface area contributed by atoms with Crippen molar-refractivity contribution in [2.75, 3.05) is 0 Å². The lowest BCUT2D eigenvalue weighted by molar-refractivity contribution is 0.226. The predicted molar refractivity (Wildman–Crippen MR) is 70.3 cm³/mol. The van der Waals surface area contributed by atoms with E-state index in [1.165, 1.54) is 17.6 Å². The molecule has 0 saturated heterocycles. The summed E-state index contributed by atoms with van der Waals surface area (Å²) in [6.45, 7) is 10.9. The average Bonchev–Trinajstić information content (AvgIpc) is 2.44. The first-order chi connectivity index (χ1) is 7.39. The van der Waals surface area contributed by atoms with Crippen molar-refractivity contribution >= 4 is 0 Å². The summed E-state index contributed by atoms with van der Waals surface area (Å²) in [5, 5.41) is 9.59. The molecule has 0 heterocycles. The maximum absolute atomic E-state index is 9.59. The van der Waals surface area contributed by atoms with E-state index in [2.05, 4.69) is 39.8 Å². The van der Waals surface area contributed by atoms with Crippen molar-refractivity contribution in [3.63, 3.8) is 0 Å². The van der Waals surface area contributed by atoms with Crippen LogP contribution in [-0.4, -0.2) is 11.2 Å². The molecule has 1 aliphatic rings. The Labute approximate surface area is 100 Å². The normalized spacial score (nSPS) is 26.8. The Morgan fingerprint density at radius 3 is 2.62 bits per heavy atom. The van der Waals surface area contributed by atoms with Crippen molar-refractivity contribution in [3.05, 3.63) is 23.3 Å². The smallest absolute Gasteiger partial charge is 0.0721 e. The lowest BCUT2D eigenvalue weighted by Crippen LogP contribution is -2.20. The highest BCUT2D eigenvalue weighted by Gasteiger charge is 2.33. The lowest BCUT2D eigenvalue weighted by atomic mass is 9.76. The Morgan fingerprint density at radius 2 is 2.25 bits per heavy atom. The molecule has 2 atom stereocenters. The number of aliphatic hydroxyl groups is 1. The van der Waals surface area contributed by atoms with Crippen molar-refractivity contribution in [2.45, 2.75) is 60.0 Å². The zero-order valence-electron chi connectivity index (χ0n) is 11.4. The van der Waals surface area contributed by atoms with Gasteiger partial charge in [-0.05, 0) is 50.0 Å². The minimum Gasteiger partial charge on any atom is -0.389 e. The van der Waals surface area contributed by atoms with Crippen molar-refractivity contribution in [2.24, 2.45) is 11.3 Å². The van der Waals surface area contributed by atoms with Crippen LogP contribution in [0.3, 0.4) is 0 Å². The highest BCUT2D eigenvalue weighted by atomic mass is 16.3. The van der Waals surface area contributed by atoms with Gasteiger partial charge >= 0.3 is 0 Å². The average molecular weight is 222 g/mol. The summed E-state index contributed by atoms with van der Waals surface area (Å²) in [6, 6.07) is 0. The van der Waals surface area contributed by atoms with E-state index in [4.69, 9.17) is 0 Å². The van der Waals surface area contributed by atoms with Crippen molar-refractivity contribution in [1.82, 2.24) is 0 Å². The fourth-order valence-corrected chi connectivity index (χ4v) is 2.49. The first-order valence-electron chi connectivity index (χ1n) is 6.43. The highest BCUT2D eigenvalue weighted by molar-refractivity contribution is 5.19. The third-order valence-corrected chi connectivity index (χ3v) is 4.35. The van der Waals surface area contributed by atoms with Crippen LogP contribution in [0.25, 0.3) is 0 Å². The molecule has 0 radical (unpaired) electrons. The van der Waals surface area contributed by atoms with Crippen LogP contribution in [0.1, 0.15) is 53.9 Å². The summed E-state index contributed by atoms with van der Waals surface area (Å²) in [7, 11) is 0. The molecular formula is C15H26O. The SMILES string of the molecule is CC/C(=C\CC1CC=C(C)C1(C)C)C(C)O. The van der Waals surface area contributed by atoms with Gasteiger partial charge in [-0.3, -0.25) is 0 Å². The van der Waals surface area contributed by atoms with Gasteiger partial charge in [-0.1, -0.05) is 38.5 Å². The maximum Gasteiger partial charge on any atom is 0.0721 e. The Balaban J connectivity index is 2.64. The van der Waals surface area contributed by atoms with Crippen LogP contribution >= 0.6 is 0 Å². The minimum atomic E-state index is -0.288. The molecule has 0 aliphatic heterocycles. The molecule has 2 unspecified atom stereocenters. The molecule has 92 valence electrons. The Morgan fingerprint density at radius 1 is 1.62 bits per heavy atom. The van der Waals surface area contributed by atoms with Crippen LogP contribution in [0.4, 0.5) is 0 Å². The van der Waals surface area contributed by atoms with Crippen molar-refractivity contribution in [1.29, 1.82) is 0 Å². The topological polar surface area (TPSA) is 20.2 Å². The Hall–Kier alpha value is -0.560. The summed E-state index contributed by atoms with van der Waals surface area (Å²) in [5.74, 6) is 0.702. The van der Waals surface area contributed by atoms with Crippen LogP contribution in [0.5, 0.6) is 0 Å². The van der Waals surface area contributed by atoms with E-state index in [1.54, 1.807) is 0 Å². The molecule has 1 aliphatic carbocycles. The first-order valence-corrected chi connectivity index (χ1v) is 6.43. The van der Waals surface area contributed by atoms with Gasteiger partial charge in [-0.15, -0.1) is 0 Å². The molecule has 0 saturated carbocycles. The zero-order valence-corrected chi connectivity index (χ0v) is 11.4. The number of hydrogen-bond donors (Lipinski definition) is 1. The van der Waals surface area contributed by atoms with E-state index in [0.29, 0.717) is 11.3 Å². The van der Waals surface area contributed by atoms with E-state index in [-0.39, 0.29) is 6.10 Å². The van der Waals surface area contributed by atoms with Gasteiger partial charge in [0.05, 0.1) is 6.10 Å². The van der Waals surface area contributed by atoms with E-state index in [9.17, 15) is 5.11 Å². The molecule has 0 aromatic rings. The first kappa shape index (κ1) is 13.5. The Bertz CT molecular complexity index is 295. The fraction of sp³-hybridized carbons (Fsp3) is 0.733. The lowest BCUT2D eigenvalue weighted by Gasteiger charge is -2.29. The number of aliphatic hydroxyl groups excluding tert-OH is 1. The predicted octanol–water partition coefficient (Wildman–Crippen LogP) is 4.09. The van der Waals surface area contributed by atoms with Gasteiger partial charge in [-0.25, -0.2) is 0 Å². The molecule has 0 aromatic heterocycles. The third kappa shape index (κ3) is 2.76. The molecule has 0 spiro atoms. The second kappa shape index (κ2) is 5.18. The van der Waals surface area contributed by atoms with Gasteiger partial charge in [0.25, 0.3) is 0 Å². The number of allylic oxidation sites excluding steroid dienone is 3. The van der Waals surface area contributed by atoms with Crippen molar-refractivity contribution < 1.29 is 5.11 Å². The third-order valence-electron chi connectivity index (χ3n) is 4.35. The van der Waals surface area contributed by atoms with Gasteiger partial charge in [0.15, 0.2) is 0 Å². The summed E-state index contributed by atoms with van der Waals surface area (Å²) in [6.07, 6.45) is 7.57. The van der Waals surface area contributed by atoms with E-state index < -0.39 is 0 Å². The van der Waals surface area contributed by atoms with E-state index in [1.807, 2.05) is 6.92 Å². The molecule has 1 nitrogen and oxygen atoms in total. The summed E-state index contributed by atoms with van der Waals surface area (Å²) in [5.41, 5.74) is 3.02. The molecule has 0 fully saturated rings. The van der Waals surface area contributed by atoms with Gasteiger partial charge in [0.1, 0.15) is 0 Å². The van der Waals surface area contributed by atoms with Crippen molar-refractivity contribution in [3.8, 4) is 0 Å². The van der Waals surface area contributed by atoms with Gasteiger partial charge in [0, 0.05) is 0 Å². The molecule has 16 heavy (non-hydrogen) atoms. The molecule has 1 heteroatoms. The number of rotatable bonds is 4. The molecule has 0 amide bonds. The van der Waals surface area contributed by atoms with Crippen LogP contribution < -0.4 is 0 Å². The standard InChI is InChI=1S/C15H26O/c1-6-13(12(3)16)8-10-14-9-7-11(2)15(14,4)5/h7-8,12,14,16H,6,9-10H2,1-5H3/b13-8+. The highest BCUT2D eigenvalue weighted by Crippen LogP contribution is 2.44. The Kier molecular flexibility index (Phi) is 4.37. The van der Waals surface area contributed by atoms with Gasteiger partial charge in [-0.2, -0.15) is 0 Å². The quantitative estimate of drug-likeness (QED) is 0.710. The molecule has 1 N–H and O–H groups in total. The van der Waals surface area contributed by atoms with Crippen LogP contribution in [-0.2, 0) is 0 Å². The molecule has 1 rings (SSSR count). The van der Waals surface area contributed by atoms with E-state index in [0.717, 1.165) is 12.8 Å².